The predicted octanol–water partition coefficient (Wildman–Crippen LogP) is 3.33. The van der Waals surface area contributed by atoms with Gasteiger partial charge in [0.05, 0.1) is 6.61 Å². The van der Waals surface area contributed by atoms with Gasteiger partial charge in [0.25, 0.3) is 0 Å². The van der Waals surface area contributed by atoms with E-state index in [-0.39, 0.29) is 5.54 Å². The molecule has 0 atom stereocenters. The summed E-state index contributed by atoms with van der Waals surface area (Å²) >= 11 is 0. The quantitative estimate of drug-likeness (QED) is 0.747. The number of nitrogens with one attached hydrogen (secondary N) is 1. The average molecular weight is 294 g/mol. The summed E-state index contributed by atoms with van der Waals surface area (Å²) in [6, 6.07) is 4.08. The smallest absolute Gasteiger partial charge is 0.213 e. The van der Waals surface area contributed by atoms with E-state index in [0.29, 0.717) is 25.0 Å². The van der Waals surface area contributed by atoms with Crippen LogP contribution in [0.2, 0.25) is 0 Å². The Bertz CT molecular complexity index is 425. The van der Waals surface area contributed by atoms with E-state index in [0.717, 1.165) is 18.8 Å². The Morgan fingerprint density at radius 3 is 2.52 bits per heavy atom. The van der Waals surface area contributed by atoms with E-state index >= 15 is 0 Å². The van der Waals surface area contributed by atoms with Crippen molar-refractivity contribution in [2.75, 3.05) is 19.8 Å². The molecule has 0 amide bonds. The molecule has 1 heterocycles. The van der Waals surface area contributed by atoms with Gasteiger partial charge < -0.3 is 14.8 Å². The lowest BCUT2D eigenvalue weighted by Gasteiger charge is -2.20. The Hall–Kier alpha value is -1.13. The standard InChI is InChI=1S/C17H30N2O2/c1-13(2)12-20-7-8-21-16-10-15(9-14(3)19-16)11-18-17(4,5)6/h9-10,13,18H,7-8,11-12H2,1-6H3. The van der Waals surface area contributed by atoms with Crippen LogP contribution < -0.4 is 10.1 Å². The van der Waals surface area contributed by atoms with Gasteiger partial charge in [0.15, 0.2) is 0 Å². The van der Waals surface area contributed by atoms with Gasteiger partial charge in [0.1, 0.15) is 6.61 Å². The van der Waals surface area contributed by atoms with Crippen molar-refractivity contribution < 1.29 is 9.47 Å². The van der Waals surface area contributed by atoms with E-state index in [1.165, 1.54) is 5.56 Å². The maximum atomic E-state index is 5.68. The summed E-state index contributed by atoms with van der Waals surface area (Å²) in [7, 11) is 0. The lowest BCUT2D eigenvalue weighted by Crippen LogP contribution is -2.35. The monoisotopic (exact) mass is 294 g/mol. The molecular weight excluding hydrogens is 264 g/mol. The van der Waals surface area contributed by atoms with Crippen LogP contribution in [0.5, 0.6) is 5.88 Å². The molecule has 0 radical (unpaired) electrons. The zero-order valence-electron chi connectivity index (χ0n) is 14.3. The van der Waals surface area contributed by atoms with Gasteiger partial charge in [-0.25, -0.2) is 4.98 Å². The van der Waals surface area contributed by atoms with E-state index < -0.39 is 0 Å². The number of rotatable bonds is 8. The van der Waals surface area contributed by atoms with Crippen molar-refractivity contribution in [1.29, 1.82) is 0 Å². The molecule has 1 N–H and O–H groups in total. The van der Waals surface area contributed by atoms with Crippen LogP contribution in [0.4, 0.5) is 0 Å². The van der Waals surface area contributed by atoms with Gasteiger partial charge in [-0.2, -0.15) is 0 Å². The molecule has 4 nitrogen and oxygen atoms in total. The maximum Gasteiger partial charge on any atom is 0.213 e. The third kappa shape index (κ3) is 8.68. The molecule has 0 spiro atoms. The molecule has 0 aliphatic rings. The molecular formula is C17H30N2O2. The van der Waals surface area contributed by atoms with Crippen LogP contribution in [0.25, 0.3) is 0 Å². The Labute approximate surface area is 129 Å². The lowest BCUT2D eigenvalue weighted by molar-refractivity contribution is 0.0805. The van der Waals surface area contributed by atoms with E-state index in [9.17, 15) is 0 Å². The van der Waals surface area contributed by atoms with Gasteiger partial charge in [0, 0.05) is 30.5 Å². The third-order valence-corrected chi connectivity index (χ3v) is 2.74. The van der Waals surface area contributed by atoms with Gasteiger partial charge in [-0.05, 0) is 45.2 Å². The first-order valence-corrected chi connectivity index (χ1v) is 7.69. The van der Waals surface area contributed by atoms with E-state index in [4.69, 9.17) is 9.47 Å². The third-order valence-electron chi connectivity index (χ3n) is 2.74. The Morgan fingerprint density at radius 2 is 1.90 bits per heavy atom. The molecule has 0 aliphatic heterocycles. The minimum atomic E-state index is 0.100. The summed E-state index contributed by atoms with van der Waals surface area (Å²) in [5.41, 5.74) is 2.26. The lowest BCUT2D eigenvalue weighted by atomic mass is 10.1. The van der Waals surface area contributed by atoms with Crippen LogP contribution in [0.1, 0.15) is 45.9 Å². The normalized spacial score (nSPS) is 12.0. The summed E-state index contributed by atoms with van der Waals surface area (Å²) in [6.07, 6.45) is 0. The summed E-state index contributed by atoms with van der Waals surface area (Å²) in [6.45, 7) is 15.5. The summed E-state index contributed by atoms with van der Waals surface area (Å²) in [4.78, 5) is 4.41. The molecule has 1 rings (SSSR count). The van der Waals surface area contributed by atoms with Crippen molar-refractivity contribution in [3.63, 3.8) is 0 Å². The van der Waals surface area contributed by atoms with Crippen LogP contribution in [0.15, 0.2) is 12.1 Å². The van der Waals surface area contributed by atoms with Crippen LogP contribution >= 0.6 is 0 Å². The van der Waals surface area contributed by atoms with Crippen molar-refractivity contribution in [3.05, 3.63) is 23.4 Å². The fourth-order valence-electron chi connectivity index (χ4n) is 1.77. The molecule has 0 saturated carbocycles. The van der Waals surface area contributed by atoms with Crippen molar-refractivity contribution in [1.82, 2.24) is 10.3 Å². The van der Waals surface area contributed by atoms with Gasteiger partial charge in [-0.3, -0.25) is 0 Å². The maximum absolute atomic E-state index is 5.68. The highest BCUT2D eigenvalue weighted by Gasteiger charge is 2.09. The molecule has 1 aromatic heterocycles. The number of ether oxygens (including phenoxy) is 2. The molecule has 0 fully saturated rings. The number of aromatic nitrogens is 1. The molecule has 0 aromatic carbocycles. The molecule has 21 heavy (non-hydrogen) atoms. The van der Waals surface area contributed by atoms with Crippen LogP contribution in [-0.4, -0.2) is 30.3 Å². The summed E-state index contributed by atoms with van der Waals surface area (Å²) in [5, 5.41) is 3.47. The van der Waals surface area contributed by atoms with Crippen molar-refractivity contribution in [2.24, 2.45) is 5.92 Å². The first-order valence-electron chi connectivity index (χ1n) is 7.69. The highest BCUT2D eigenvalue weighted by molar-refractivity contribution is 5.24. The van der Waals surface area contributed by atoms with Crippen molar-refractivity contribution in [3.8, 4) is 5.88 Å². The van der Waals surface area contributed by atoms with Gasteiger partial charge in [0.2, 0.25) is 5.88 Å². The highest BCUT2D eigenvalue weighted by atomic mass is 16.5. The van der Waals surface area contributed by atoms with Crippen LogP contribution in [-0.2, 0) is 11.3 Å². The first-order chi connectivity index (χ1) is 9.76. The molecule has 0 aliphatic carbocycles. The van der Waals surface area contributed by atoms with E-state index in [1.807, 2.05) is 13.0 Å². The number of hydrogen-bond acceptors (Lipinski definition) is 4. The Morgan fingerprint density at radius 1 is 1.19 bits per heavy atom. The Balaban J connectivity index is 2.45. The molecule has 120 valence electrons. The molecule has 0 unspecified atom stereocenters. The van der Waals surface area contributed by atoms with Crippen LogP contribution in [0.3, 0.4) is 0 Å². The van der Waals surface area contributed by atoms with Crippen molar-refractivity contribution >= 4 is 0 Å². The summed E-state index contributed by atoms with van der Waals surface area (Å²) < 4.78 is 11.2. The highest BCUT2D eigenvalue weighted by Crippen LogP contribution is 2.13. The van der Waals surface area contributed by atoms with E-state index in [2.05, 4.69) is 51.0 Å². The Kier molecular flexibility index (Phi) is 7.12. The zero-order valence-corrected chi connectivity index (χ0v) is 14.3. The second-order valence-electron chi connectivity index (χ2n) is 6.88. The number of aryl methyl sites for hydroxylation is 1. The predicted molar refractivity (Wildman–Crippen MR) is 86.7 cm³/mol. The fourth-order valence-corrected chi connectivity index (χ4v) is 1.77. The van der Waals surface area contributed by atoms with Gasteiger partial charge in [-0.15, -0.1) is 0 Å². The number of nitrogens with zero attached hydrogens (tertiary/aromatic N) is 1. The van der Waals surface area contributed by atoms with E-state index in [1.54, 1.807) is 0 Å². The zero-order chi connectivity index (χ0) is 15.9. The second kappa shape index (κ2) is 8.35. The largest absolute Gasteiger partial charge is 0.475 e. The van der Waals surface area contributed by atoms with Crippen molar-refractivity contribution in [2.45, 2.75) is 53.6 Å². The molecule has 0 saturated heterocycles. The molecule has 0 bridgehead atoms. The molecule has 1 aromatic rings. The second-order valence-corrected chi connectivity index (χ2v) is 6.88. The number of pyridine rings is 1. The SMILES string of the molecule is Cc1cc(CNC(C)(C)C)cc(OCCOCC(C)C)n1. The molecule has 4 heteroatoms. The topological polar surface area (TPSA) is 43.4 Å². The fraction of sp³-hybridized carbons (Fsp3) is 0.706. The van der Waals surface area contributed by atoms with Gasteiger partial charge in [-0.1, -0.05) is 13.8 Å². The minimum absolute atomic E-state index is 0.100. The number of hydrogen-bond donors (Lipinski definition) is 1. The first kappa shape index (κ1) is 17.9. The summed E-state index contributed by atoms with van der Waals surface area (Å²) in [5.74, 6) is 1.23. The van der Waals surface area contributed by atoms with Gasteiger partial charge >= 0.3 is 0 Å². The van der Waals surface area contributed by atoms with Crippen LogP contribution in [0, 0.1) is 12.8 Å². The minimum Gasteiger partial charge on any atom is -0.475 e. The average Bonchev–Trinajstić information content (AvgIpc) is 2.34.